The third-order valence-electron chi connectivity index (χ3n) is 2.38. The molecule has 102 valence electrons. The van der Waals surface area contributed by atoms with Crippen LogP contribution in [0.3, 0.4) is 0 Å². The van der Waals surface area contributed by atoms with Crippen molar-refractivity contribution in [1.82, 2.24) is 4.72 Å². The molecule has 1 unspecified atom stereocenters. The first-order valence-electron chi connectivity index (χ1n) is 5.74. The van der Waals surface area contributed by atoms with E-state index in [1.165, 1.54) is 0 Å². The van der Waals surface area contributed by atoms with Crippen LogP contribution in [-0.4, -0.2) is 26.2 Å². The third kappa shape index (κ3) is 5.21. The molecule has 18 heavy (non-hydrogen) atoms. The van der Waals surface area contributed by atoms with Gasteiger partial charge in [0.05, 0.1) is 11.0 Å². The molecule has 0 aliphatic carbocycles. The van der Waals surface area contributed by atoms with E-state index in [0.717, 1.165) is 3.57 Å². The van der Waals surface area contributed by atoms with Gasteiger partial charge in [0.1, 0.15) is 0 Å². The Labute approximate surface area is 122 Å². The normalized spacial score (nSPS) is 13.8. The molecule has 6 heteroatoms. The van der Waals surface area contributed by atoms with Crippen LogP contribution in [0.15, 0.2) is 29.2 Å². The number of hydrogen-bond acceptors (Lipinski definition) is 3. The van der Waals surface area contributed by atoms with Gasteiger partial charge < -0.3 is 5.11 Å². The molecule has 0 aromatic heterocycles. The molecule has 0 heterocycles. The Morgan fingerprint density at radius 3 is 2.33 bits per heavy atom. The zero-order valence-corrected chi connectivity index (χ0v) is 13.4. The van der Waals surface area contributed by atoms with Gasteiger partial charge in [0.2, 0.25) is 10.0 Å². The highest BCUT2D eigenvalue weighted by molar-refractivity contribution is 14.1. The number of halogens is 1. The predicted molar refractivity (Wildman–Crippen MR) is 79.8 cm³/mol. The maximum absolute atomic E-state index is 11.9. The van der Waals surface area contributed by atoms with Crippen molar-refractivity contribution in [3.05, 3.63) is 27.8 Å². The first kappa shape index (κ1) is 15.9. The van der Waals surface area contributed by atoms with Crippen LogP contribution in [0.1, 0.15) is 20.3 Å². The number of rotatable bonds is 6. The first-order valence-corrected chi connectivity index (χ1v) is 8.31. The molecular formula is C12H18INO3S. The highest BCUT2D eigenvalue weighted by atomic mass is 127. The van der Waals surface area contributed by atoms with Crippen LogP contribution < -0.4 is 4.72 Å². The minimum absolute atomic E-state index is 0.0481. The lowest BCUT2D eigenvalue weighted by Gasteiger charge is -2.14. The van der Waals surface area contributed by atoms with Crippen molar-refractivity contribution >= 4 is 32.6 Å². The minimum atomic E-state index is -3.52. The van der Waals surface area contributed by atoms with Crippen LogP contribution in [0.4, 0.5) is 0 Å². The van der Waals surface area contributed by atoms with E-state index in [4.69, 9.17) is 0 Å². The standard InChI is InChI=1S/C12H18INO3S/c1-9(2)7-11(15)8-14-18(16,17)12-5-3-10(13)4-6-12/h3-6,9,11,14-15H,7-8H2,1-2H3. The van der Waals surface area contributed by atoms with Gasteiger partial charge in [0, 0.05) is 10.1 Å². The van der Waals surface area contributed by atoms with E-state index in [0.29, 0.717) is 12.3 Å². The van der Waals surface area contributed by atoms with Gasteiger partial charge in [-0.05, 0) is 59.2 Å². The Kier molecular flexibility index (Phi) is 6.03. The lowest BCUT2D eigenvalue weighted by molar-refractivity contribution is 0.152. The minimum Gasteiger partial charge on any atom is -0.392 e. The van der Waals surface area contributed by atoms with Crippen molar-refractivity contribution in [2.75, 3.05) is 6.54 Å². The summed E-state index contributed by atoms with van der Waals surface area (Å²) in [7, 11) is -3.52. The number of hydrogen-bond donors (Lipinski definition) is 2. The summed E-state index contributed by atoms with van der Waals surface area (Å²) in [5, 5.41) is 9.65. The van der Waals surface area contributed by atoms with Crippen LogP contribution >= 0.6 is 22.6 Å². The fraction of sp³-hybridized carbons (Fsp3) is 0.500. The van der Waals surface area contributed by atoms with E-state index in [2.05, 4.69) is 27.3 Å². The number of nitrogens with one attached hydrogen (secondary N) is 1. The SMILES string of the molecule is CC(C)CC(O)CNS(=O)(=O)c1ccc(I)cc1. The molecule has 1 atom stereocenters. The van der Waals surface area contributed by atoms with Crippen molar-refractivity contribution in [1.29, 1.82) is 0 Å². The zero-order valence-electron chi connectivity index (χ0n) is 10.4. The molecule has 0 amide bonds. The average Bonchev–Trinajstić information content (AvgIpc) is 2.26. The number of aliphatic hydroxyl groups is 1. The second kappa shape index (κ2) is 6.83. The molecule has 0 aliphatic heterocycles. The summed E-state index contributed by atoms with van der Waals surface area (Å²) < 4.78 is 27.2. The maximum atomic E-state index is 11.9. The Morgan fingerprint density at radius 2 is 1.83 bits per heavy atom. The molecule has 0 spiro atoms. The summed E-state index contributed by atoms with van der Waals surface area (Å²) in [6.07, 6.45) is -0.0708. The lowest BCUT2D eigenvalue weighted by atomic mass is 10.1. The summed E-state index contributed by atoms with van der Waals surface area (Å²) in [4.78, 5) is 0.222. The van der Waals surface area contributed by atoms with E-state index >= 15 is 0 Å². The third-order valence-corrected chi connectivity index (χ3v) is 4.54. The second-order valence-electron chi connectivity index (χ2n) is 4.59. The average molecular weight is 383 g/mol. The smallest absolute Gasteiger partial charge is 0.240 e. The van der Waals surface area contributed by atoms with Crippen molar-refractivity contribution in [3.63, 3.8) is 0 Å². The lowest BCUT2D eigenvalue weighted by Crippen LogP contribution is -2.32. The Balaban J connectivity index is 2.63. The fourth-order valence-electron chi connectivity index (χ4n) is 1.53. The fourth-order valence-corrected chi connectivity index (χ4v) is 2.96. The van der Waals surface area contributed by atoms with Crippen molar-refractivity contribution in [2.45, 2.75) is 31.3 Å². The zero-order chi connectivity index (χ0) is 13.8. The van der Waals surface area contributed by atoms with Gasteiger partial charge in [-0.1, -0.05) is 13.8 Å². The van der Waals surface area contributed by atoms with E-state index in [1.54, 1.807) is 24.3 Å². The molecule has 0 aliphatic rings. The van der Waals surface area contributed by atoms with E-state index in [1.807, 2.05) is 13.8 Å². The molecule has 2 N–H and O–H groups in total. The Morgan fingerprint density at radius 1 is 1.28 bits per heavy atom. The molecular weight excluding hydrogens is 365 g/mol. The predicted octanol–water partition coefficient (Wildman–Crippen LogP) is 1.98. The van der Waals surface area contributed by atoms with Gasteiger partial charge in [0.15, 0.2) is 0 Å². The van der Waals surface area contributed by atoms with E-state index in [-0.39, 0.29) is 11.4 Å². The first-order chi connectivity index (χ1) is 8.31. The van der Waals surface area contributed by atoms with Crippen LogP contribution in [0.25, 0.3) is 0 Å². The highest BCUT2D eigenvalue weighted by Gasteiger charge is 2.16. The molecule has 1 rings (SSSR count). The summed E-state index contributed by atoms with van der Waals surface area (Å²) >= 11 is 2.11. The molecule has 0 radical (unpaired) electrons. The van der Waals surface area contributed by atoms with Crippen molar-refractivity contribution in [3.8, 4) is 0 Å². The Bertz CT molecular complexity index is 471. The van der Waals surface area contributed by atoms with E-state index < -0.39 is 16.1 Å². The largest absolute Gasteiger partial charge is 0.392 e. The molecule has 0 saturated heterocycles. The van der Waals surface area contributed by atoms with Gasteiger partial charge in [-0.25, -0.2) is 13.1 Å². The van der Waals surface area contributed by atoms with Crippen LogP contribution in [0, 0.1) is 9.49 Å². The van der Waals surface area contributed by atoms with Gasteiger partial charge >= 0.3 is 0 Å². The summed E-state index contributed by atoms with van der Waals surface area (Å²) in [6.45, 7) is 4.01. The number of benzene rings is 1. The van der Waals surface area contributed by atoms with Crippen molar-refractivity contribution in [2.24, 2.45) is 5.92 Å². The maximum Gasteiger partial charge on any atom is 0.240 e. The van der Waals surface area contributed by atoms with Gasteiger partial charge in [-0.15, -0.1) is 0 Å². The topological polar surface area (TPSA) is 66.4 Å². The van der Waals surface area contributed by atoms with Gasteiger partial charge in [-0.2, -0.15) is 0 Å². The monoisotopic (exact) mass is 383 g/mol. The molecule has 1 aromatic rings. The van der Waals surface area contributed by atoms with Crippen LogP contribution in [-0.2, 0) is 10.0 Å². The summed E-state index contributed by atoms with van der Waals surface area (Å²) in [5.41, 5.74) is 0. The summed E-state index contributed by atoms with van der Waals surface area (Å²) in [5.74, 6) is 0.336. The highest BCUT2D eigenvalue weighted by Crippen LogP contribution is 2.12. The van der Waals surface area contributed by atoms with Gasteiger partial charge in [0.25, 0.3) is 0 Å². The van der Waals surface area contributed by atoms with Gasteiger partial charge in [-0.3, -0.25) is 0 Å². The molecule has 1 aromatic carbocycles. The molecule has 0 saturated carbocycles. The second-order valence-corrected chi connectivity index (χ2v) is 7.60. The number of aliphatic hydroxyl groups excluding tert-OH is 1. The van der Waals surface area contributed by atoms with Crippen LogP contribution in [0.2, 0.25) is 0 Å². The quantitative estimate of drug-likeness (QED) is 0.739. The van der Waals surface area contributed by atoms with Crippen molar-refractivity contribution < 1.29 is 13.5 Å². The van der Waals surface area contributed by atoms with Crippen LogP contribution in [0.5, 0.6) is 0 Å². The molecule has 0 bridgehead atoms. The van der Waals surface area contributed by atoms with E-state index in [9.17, 15) is 13.5 Å². The number of sulfonamides is 1. The molecule has 0 fully saturated rings. The molecule has 4 nitrogen and oxygen atoms in total. The summed E-state index contributed by atoms with van der Waals surface area (Å²) in [6, 6.07) is 6.58. The Hall–Kier alpha value is -0.180.